The molecule has 3 rings (SSSR count). The summed E-state index contributed by atoms with van der Waals surface area (Å²) in [7, 11) is -2.01. The lowest BCUT2D eigenvalue weighted by Gasteiger charge is -2.32. The molecular formula is C18H20FN3O3S. The predicted octanol–water partition coefficient (Wildman–Crippen LogP) is 2.01. The van der Waals surface area contributed by atoms with E-state index in [0.717, 1.165) is 13.1 Å². The van der Waals surface area contributed by atoms with E-state index in [0.29, 0.717) is 18.7 Å². The Labute approximate surface area is 152 Å². The van der Waals surface area contributed by atoms with E-state index in [-0.39, 0.29) is 16.5 Å². The highest BCUT2D eigenvalue weighted by Crippen LogP contribution is 2.20. The molecule has 8 heteroatoms. The van der Waals surface area contributed by atoms with Gasteiger partial charge in [0.15, 0.2) is 0 Å². The number of nitrogens with zero attached hydrogens (tertiary/aromatic N) is 2. The molecule has 0 aliphatic carbocycles. The standard InChI is InChI=1S/C18H20FN3O3S/c1-21-9-11-22(12-10-21)18(23)14-5-4-6-15(13-14)26(24,25)20-17-8-3-2-7-16(17)19/h2-8,13,20H,9-12H2,1H3. The number of benzene rings is 2. The molecule has 1 fully saturated rings. The first-order valence-corrected chi connectivity index (χ1v) is 9.70. The summed E-state index contributed by atoms with van der Waals surface area (Å²) >= 11 is 0. The molecule has 138 valence electrons. The molecule has 0 radical (unpaired) electrons. The number of hydrogen-bond donors (Lipinski definition) is 1. The Balaban J connectivity index is 1.82. The summed E-state index contributed by atoms with van der Waals surface area (Å²) in [6, 6.07) is 11.3. The molecule has 0 unspecified atom stereocenters. The maximum Gasteiger partial charge on any atom is 0.262 e. The van der Waals surface area contributed by atoms with Crippen LogP contribution in [0, 0.1) is 5.82 Å². The largest absolute Gasteiger partial charge is 0.336 e. The van der Waals surface area contributed by atoms with Crippen molar-refractivity contribution in [3.63, 3.8) is 0 Å². The smallest absolute Gasteiger partial charge is 0.262 e. The number of piperazine rings is 1. The summed E-state index contributed by atoms with van der Waals surface area (Å²) in [5, 5.41) is 0. The normalized spacial score (nSPS) is 15.7. The van der Waals surface area contributed by atoms with Crippen LogP contribution >= 0.6 is 0 Å². The third kappa shape index (κ3) is 4.03. The lowest BCUT2D eigenvalue weighted by atomic mass is 10.2. The van der Waals surface area contributed by atoms with Crippen molar-refractivity contribution in [1.82, 2.24) is 9.80 Å². The van der Waals surface area contributed by atoms with Gasteiger partial charge in [-0.3, -0.25) is 9.52 Å². The average molecular weight is 377 g/mol. The summed E-state index contributed by atoms with van der Waals surface area (Å²) < 4.78 is 41.0. The van der Waals surface area contributed by atoms with Crippen LogP contribution in [0.3, 0.4) is 0 Å². The fraction of sp³-hybridized carbons (Fsp3) is 0.278. The second-order valence-corrected chi connectivity index (χ2v) is 7.89. The highest BCUT2D eigenvalue weighted by molar-refractivity contribution is 7.92. The second kappa shape index (κ2) is 7.43. The van der Waals surface area contributed by atoms with Gasteiger partial charge in [-0.25, -0.2) is 12.8 Å². The molecule has 1 saturated heterocycles. The number of nitrogens with one attached hydrogen (secondary N) is 1. The lowest BCUT2D eigenvalue weighted by Crippen LogP contribution is -2.47. The molecule has 1 amide bonds. The molecule has 0 spiro atoms. The van der Waals surface area contributed by atoms with Gasteiger partial charge < -0.3 is 9.80 Å². The molecule has 1 N–H and O–H groups in total. The Kier molecular flexibility index (Phi) is 5.24. The topological polar surface area (TPSA) is 69.7 Å². The average Bonchev–Trinajstić information content (AvgIpc) is 2.64. The number of halogens is 1. The van der Waals surface area contributed by atoms with Gasteiger partial charge in [0.25, 0.3) is 15.9 Å². The predicted molar refractivity (Wildman–Crippen MR) is 97.1 cm³/mol. The van der Waals surface area contributed by atoms with Gasteiger partial charge in [0, 0.05) is 31.7 Å². The zero-order valence-corrected chi connectivity index (χ0v) is 15.2. The zero-order chi connectivity index (χ0) is 18.7. The van der Waals surface area contributed by atoms with E-state index in [9.17, 15) is 17.6 Å². The second-order valence-electron chi connectivity index (χ2n) is 6.21. The number of amides is 1. The molecule has 0 saturated carbocycles. The maximum atomic E-state index is 13.7. The minimum absolute atomic E-state index is 0.0827. The third-order valence-corrected chi connectivity index (χ3v) is 5.66. The van der Waals surface area contributed by atoms with Crippen LogP contribution < -0.4 is 4.72 Å². The summed E-state index contributed by atoms with van der Waals surface area (Å²) in [6.07, 6.45) is 0. The van der Waals surface area contributed by atoms with E-state index >= 15 is 0 Å². The minimum atomic E-state index is -4.00. The molecule has 6 nitrogen and oxygen atoms in total. The number of carbonyl (C=O) groups is 1. The van der Waals surface area contributed by atoms with Gasteiger partial charge in [0.05, 0.1) is 10.6 Å². The van der Waals surface area contributed by atoms with Crippen LogP contribution in [0.15, 0.2) is 53.4 Å². The number of carbonyl (C=O) groups excluding carboxylic acids is 1. The van der Waals surface area contributed by atoms with Crippen LogP contribution in [-0.2, 0) is 10.0 Å². The molecular weight excluding hydrogens is 357 g/mol. The van der Waals surface area contributed by atoms with E-state index in [1.165, 1.54) is 42.5 Å². The molecule has 1 aliphatic heterocycles. The van der Waals surface area contributed by atoms with Crippen LogP contribution in [0.1, 0.15) is 10.4 Å². The number of hydrogen-bond acceptors (Lipinski definition) is 4. The van der Waals surface area contributed by atoms with Crippen LogP contribution in [0.25, 0.3) is 0 Å². The highest BCUT2D eigenvalue weighted by Gasteiger charge is 2.22. The SMILES string of the molecule is CN1CCN(C(=O)c2cccc(S(=O)(=O)Nc3ccccc3F)c2)CC1. The molecule has 0 aromatic heterocycles. The molecule has 1 heterocycles. The molecule has 2 aromatic rings. The van der Waals surface area contributed by atoms with Gasteiger partial charge in [0.1, 0.15) is 5.82 Å². The van der Waals surface area contributed by atoms with E-state index in [1.54, 1.807) is 11.0 Å². The fourth-order valence-corrected chi connectivity index (χ4v) is 3.85. The van der Waals surface area contributed by atoms with Crippen molar-refractivity contribution in [3.05, 3.63) is 59.9 Å². The van der Waals surface area contributed by atoms with Crippen LogP contribution in [0.2, 0.25) is 0 Å². The summed E-state index contributed by atoms with van der Waals surface area (Å²) in [6.45, 7) is 2.75. The number of likely N-dealkylation sites (N-methyl/N-ethyl adjacent to an activating group) is 1. The third-order valence-electron chi connectivity index (χ3n) is 4.30. The summed E-state index contributed by atoms with van der Waals surface area (Å²) in [4.78, 5) is 16.4. The fourth-order valence-electron chi connectivity index (χ4n) is 2.74. The van der Waals surface area contributed by atoms with Crippen molar-refractivity contribution in [3.8, 4) is 0 Å². The minimum Gasteiger partial charge on any atom is -0.336 e. The van der Waals surface area contributed by atoms with Gasteiger partial charge in [-0.1, -0.05) is 18.2 Å². The number of para-hydroxylation sites is 1. The van der Waals surface area contributed by atoms with Crippen molar-refractivity contribution in [2.75, 3.05) is 37.9 Å². The molecule has 26 heavy (non-hydrogen) atoms. The Hall–Kier alpha value is -2.45. The van der Waals surface area contributed by atoms with E-state index < -0.39 is 15.8 Å². The first-order chi connectivity index (χ1) is 12.4. The Morgan fingerprint density at radius 2 is 1.73 bits per heavy atom. The van der Waals surface area contributed by atoms with E-state index in [1.807, 2.05) is 7.05 Å². The zero-order valence-electron chi connectivity index (χ0n) is 14.4. The Morgan fingerprint density at radius 3 is 2.42 bits per heavy atom. The molecule has 0 atom stereocenters. The van der Waals surface area contributed by atoms with E-state index in [4.69, 9.17) is 0 Å². The maximum absolute atomic E-state index is 13.7. The van der Waals surface area contributed by atoms with Crippen molar-refractivity contribution >= 4 is 21.6 Å². The van der Waals surface area contributed by atoms with Crippen molar-refractivity contribution in [2.45, 2.75) is 4.90 Å². The quantitative estimate of drug-likeness (QED) is 0.885. The Bertz CT molecular complexity index is 909. The van der Waals surface area contributed by atoms with Gasteiger partial charge >= 0.3 is 0 Å². The molecule has 1 aliphatic rings. The van der Waals surface area contributed by atoms with Crippen LogP contribution in [-0.4, -0.2) is 57.4 Å². The van der Waals surface area contributed by atoms with Crippen molar-refractivity contribution in [1.29, 1.82) is 0 Å². The van der Waals surface area contributed by atoms with Gasteiger partial charge in [0.2, 0.25) is 0 Å². The number of rotatable bonds is 4. The van der Waals surface area contributed by atoms with Gasteiger partial charge in [-0.2, -0.15) is 0 Å². The van der Waals surface area contributed by atoms with Gasteiger partial charge in [-0.15, -0.1) is 0 Å². The lowest BCUT2D eigenvalue weighted by molar-refractivity contribution is 0.0664. The van der Waals surface area contributed by atoms with Crippen LogP contribution in [0.4, 0.5) is 10.1 Å². The van der Waals surface area contributed by atoms with Crippen LogP contribution in [0.5, 0.6) is 0 Å². The number of sulfonamides is 1. The first kappa shape index (κ1) is 18.3. The Morgan fingerprint density at radius 1 is 1.04 bits per heavy atom. The van der Waals surface area contributed by atoms with Crippen molar-refractivity contribution in [2.24, 2.45) is 0 Å². The first-order valence-electron chi connectivity index (χ1n) is 8.22. The monoisotopic (exact) mass is 377 g/mol. The molecule has 2 aromatic carbocycles. The summed E-state index contributed by atoms with van der Waals surface area (Å²) in [5.74, 6) is -0.873. The van der Waals surface area contributed by atoms with Crippen molar-refractivity contribution < 1.29 is 17.6 Å². The highest BCUT2D eigenvalue weighted by atomic mass is 32.2. The van der Waals surface area contributed by atoms with Gasteiger partial charge in [-0.05, 0) is 37.4 Å². The van der Waals surface area contributed by atoms with E-state index in [2.05, 4.69) is 9.62 Å². The summed E-state index contributed by atoms with van der Waals surface area (Å²) in [5.41, 5.74) is 0.161. The number of anilines is 1. The molecule has 0 bridgehead atoms.